The van der Waals surface area contributed by atoms with Crippen molar-refractivity contribution in [1.82, 2.24) is 14.5 Å². The Hall–Kier alpha value is -0.170. The van der Waals surface area contributed by atoms with E-state index in [2.05, 4.69) is 35.4 Å². The van der Waals surface area contributed by atoms with Gasteiger partial charge in [-0.2, -0.15) is 0 Å². The van der Waals surface area contributed by atoms with E-state index in [1.165, 1.54) is 0 Å². The maximum absolute atomic E-state index is 12.0. The van der Waals surface area contributed by atoms with Crippen molar-refractivity contribution in [1.29, 1.82) is 0 Å². The molecule has 20 heavy (non-hydrogen) atoms. The molecule has 0 bridgehead atoms. The highest BCUT2D eigenvalue weighted by molar-refractivity contribution is 7.89. The molecule has 0 aromatic heterocycles. The van der Waals surface area contributed by atoms with E-state index in [9.17, 15) is 8.42 Å². The van der Waals surface area contributed by atoms with Crippen LogP contribution in [0.1, 0.15) is 27.7 Å². The van der Waals surface area contributed by atoms with Gasteiger partial charge in [-0.1, -0.05) is 27.7 Å². The zero-order valence-electron chi connectivity index (χ0n) is 13.6. The molecule has 1 fully saturated rings. The zero-order valence-corrected chi connectivity index (χ0v) is 14.4. The molecule has 1 heterocycles. The molecule has 0 aromatic rings. The molecule has 5 nitrogen and oxygen atoms in total. The van der Waals surface area contributed by atoms with Crippen LogP contribution in [0.2, 0.25) is 0 Å². The average molecular weight is 305 g/mol. The number of hydrogen-bond donors (Lipinski definition) is 1. The Morgan fingerprint density at radius 2 is 1.60 bits per heavy atom. The topological polar surface area (TPSA) is 52.7 Å². The van der Waals surface area contributed by atoms with Gasteiger partial charge in [-0.05, 0) is 18.9 Å². The van der Waals surface area contributed by atoms with E-state index in [1.807, 2.05) is 13.8 Å². The van der Waals surface area contributed by atoms with Crippen LogP contribution in [0.5, 0.6) is 0 Å². The first-order chi connectivity index (χ1) is 9.21. The van der Waals surface area contributed by atoms with Crippen LogP contribution in [-0.2, 0) is 10.0 Å². The molecule has 1 saturated heterocycles. The van der Waals surface area contributed by atoms with E-state index in [-0.39, 0.29) is 17.7 Å². The van der Waals surface area contributed by atoms with Crippen molar-refractivity contribution in [2.45, 2.75) is 33.7 Å². The van der Waals surface area contributed by atoms with Gasteiger partial charge in [0.1, 0.15) is 0 Å². The summed E-state index contributed by atoms with van der Waals surface area (Å²) in [6.45, 7) is 12.9. The van der Waals surface area contributed by atoms with Gasteiger partial charge in [-0.15, -0.1) is 0 Å². The second kappa shape index (κ2) is 7.73. The average Bonchev–Trinajstić information content (AvgIpc) is 2.29. The summed E-state index contributed by atoms with van der Waals surface area (Å²) in [5, 5.41) is 0. The molecule has 0 spiro atoms. The lowest BCUT2D eigenvalue weighted by atomic mass is 10.0. The van der Waals surface area contributed by atoms with Crippen LogP contribution in [0.4, 0.5) is 0 Å². The van der Waals surface area contributed by atoms with Gasteiger partial charge in [0.15, 0.2) is 0 Å². The van der Waals surface area contributed by atoms with E-state index in [4.69, 9.17) is 0 Å². The third kappa shape index (κ3) is 6.08. The highest BCUT2D eigenvalue weighted by atomic mass is 32.2. The highest BCUT2D eigenvalue weighted by Crippen LogP contribution is 2.13. The van der Waals surface area contributed by atoms with E-state index in [1.54, 1.807) is 0 Å². The standard InChI is InChI=1S/C14H31N3O2S/c1-12(2)11-20(18,19)15-10-14(13(3)4)17-8-6-16(5)7-9-17/h12-15H,6-11H2,1-5H3/t14-/m0/s1. The molecule has 0 aliphatic carbocycles. The monoisotopic (exact) mass is 305 g/mol. The van der Waals surface area contributed by atoms with Gasteiger partial charge in [-0.25, -0.2) is 13.1 Å². The summed E-state index contributed by atoms with van der Waals surface area (Å²) in [6.07, 6.45) is 0. The van der Waals surface area contributed by atoms with Gasteiger partial charge in [0.25, 0.3) is 0 Å². The summed E-state index contributed by atoms with van der Waals surface area (Å²) in [4.78, 5) is 4.74. The Labute approximate surface area is 124 Å². The van der Waals surface area contributed by atoms with Crippen molar-refractivity contribution in [2.24, 2.45) is 11.8 Å². The lowest BCUT2D eigenvalue weighted by Crippen LogP contribution is -2.54. The predicted octanol–water partition coefficient (Wildman–Crippen LogP) is 0.834. The normalized spacial score (nSPS) is 20.8. The first-order valence-electron chi connectivity index (χ1n) is 7.61. The smallest absolute Gasteiger partial charge is 0.211 e. The first kappa shape index (κ1) is 17.9. The van der Waals surface area contributed by atoms with Gasteiger partial charge in [0.2, 0.25) is 10.0 Å². The van der Waals surface area contributed by atoms with Crippen LogP contribution < -0.4 is 4.72 Å². The Bertz CT molecular complexity index is 374. The molecular weight excluding hydrogens is 274 g/mol. The fourth-order valence-corrected chi connectivity index (χ4v) is 4.07. The number of piperazine rings is 1. The van der Waals surface area contributed by atoms with E-state index >= 15 is 0 Å². The van der Waals surface area contributed by atoms with Crippen LogP contribution in [0.3, 0.4) is 0 Å². The molecule has 0 amide bonds. The zero-order chi connectivity index (χ0) is 15.3. The number of rotatable bonds is 7. The van der Waals surface area contributed by atoms with E-state index in [0.717, 1.165) is 26.2 Å². The van der Waals surface area contributed by atoms with Gasteiger partial charge in [0, 0.05) is 38.8 Å². The second-order valence-corrected chi connectivity index (χ2v) is 8.53. The largest absolute Gasteiger partial charge is 0.304 e. The molecule has 1 aliphatic heterocycles. The van der Waals surface area contributed by atoms with Gasteiger partial charge in [0.05, 0.1) is 5.75 Å². The van der Waals surface area contributed by atoms with Crippen LogP contribution in [0, 0.1) is 11.8 Å². The molecule has 0 saturated carbocycles. The lowest BCUT2D eigenvalue weighted by molar-refractivity contribution is 0.0905. The van der Waals surface area contributed by atoms with Gasteiger partial charge in [-0.3, -0.25) is 4.90 Å². The van der Waals surface area contributed by atoms with Crippen molar-refractivity contribution in [2.75, 3.05) is 45.5 Å². The molecule has 1 N–H and O–H groups in total. The van der Waals surface area contributed by atoms with Crippen LogP contribution >= 0.6 is 0 Å². The molecular formula is C14H31N3O2S. The Kier molecular flexibility index (Phi) is 6.91. The molecule has 1 aliphatic rings. The molecule has 0 radical (unpaired) electrons. The minimum Gasteiger partial charge on any atom is -0.304 e. The molecule has 6 heteroatoms. The number of nitrogens with one attached hydrogen (secondary N) is 1. The molecule has 1 rings (SSSR count). The fraction of sp³-hybridized carbons (Fsp3) is 1.00. The van der Waals surface area contributed by atoms with Crippen molar-refractivity contribution in [3.63, 3.8) is 0 Å². The van der Waals surface area contributed by atoms with Crippen LogP contribution in [0.25, 0.3) is 0 Å². The van der Waals surface area contributed by atoms with Crippen LogP contribution in [0.15, 0.2) is 0 Å². The third-order valence-corrected chi connectivity index (χ3v) is 5.55. The molecule has 0 unspecified atom stereocenters. The summed E-state index contributed by atoms with van der Waals surface area (Å²) in [7, 11) is -1.01. The quantitative estimate of drug-likeness (QED) is 0.757. The summed E-state index contributed by atoms with van der Waals surface area (Å²) in [6, 6.07) is 0.283. The number of hydrogen-bond acceptors (Lipinski definition) is 4. The van der Waals surface area contributed by atoms with Gasteiger partial charge >= 0.3 is 0 Å². The lowest BCUT2D eigenvalue weighted by Gasteiger charge is -2.39. The predicted molar refractivity (Wildman–Crippen MR) is 84.3 cm³/mol. The first-order valence-corrected chi connectivity index (χ1v) is 9.26. The maximum Gasteiger partial charge on any atom is 0.211 e. The second-order valence-electron chi connectivity index (χ2n) is 6.67. The van der Waals surface area contributed by atoms with Crippen molar-refractivity contribution >= 4 is 10.0 Å². The number of sulfonamides is 1. The third-order valence-electron chi connectivity index (χ3n) is 3.84. The molecule has 1 atom stereocenters. The summed E-state index contributed by atoms with van der Waals surface area (Å²) >= 11 is 0. The minimum atomic E-state index is -3.15. The van der Waals surface area contributed by atoms with Crippen molar-refractivity contribution in [3.8, 4) is 0 Å². The van der Waals surface area contributed by atoms with Crippen molar-refractivity contribution in [3.05, 3.63) is 0 Å². The summed E-state index contributed by atoms with van der Waals surface area (Å²) in [5.74, 6) is 0.814. The fourth-order valence-electron chi connectivity index (χ4n) is 2.65. The Morgan fingerprint density at radius 1 is 1.05 bits per heavy atom. The highest BCUT2D eigenvalue weighted by Gasteiger charge is 2.26. The summed E-state index contributed by atoms with van der Waals surface area (Å²) in [5.41, 5.74) is 0. The molecule has 0 aromatic carbocycles. The SMILES string of the molecule is CC(C)CS(=O)(=O)NC[C@@H](C(C)C)N1CCN(C)CC1. The number of nitrogens with zero attached hydrogens (tertiary/aromatic N) is 2. The Morgan fingerprint density at radius 3 is 2.05 bits per heavy atom. The minimum absolute atomic E-state index is 0.161. The Balaban J connectivity index is 2.55. The summed E-state index contributed by atoms with van der Waals surface area (Å²) < 4.78 is 26.7. The van der Waals surface area contributed by atoms with Crippen molar-refractivity contribution < 1.29 is 8.42 Å². The van der Waals surface area contributed by atoms with Crippen LogP contribution in [-0.4, -0.2) is 69.8 Å². The maximum atomic E-state index is 12.0. The number of likely N-dealkylation sites (N-methyl/N-ethyl adjacent to an activating group) is 1. The molecule has 120 valence electrons. The van der Waals surface area contributed by atoms with E-state index < -0.39 is 10.0 Å². The van der Waals surface area contributed by atoms with Gasteiger partial charge < -0.3 is 4.90 Å². The van der Waals surface area contributed by atoms with E-state index in [0.29, 0.717) is 12.5 Å².